The van der Waals surface area contributed by atoms with Crippen molar-refractivity contribution in [1.29, 1.82) is 0 Å². The van der Waals surface area contributed by atoms with Gasteiger partial charge in [-0.3, -0.25) is 9.69 Å². The molecule has 0 atom stereocenters. The number of thioether (sulfide) groups is 1. The van der Waals surface area contributed by atoms with Crippen LogP contribution in [0.2, 0.25) is 0 Å². The standard InChI is InChI=1S/C23H18N4O2S2/c1-26-22(15-10-12-16(28)13-11-15)24-25-23(26)30-14-21(29)27-17-6-2-4-8-19(17)31-20-9-5-3-7-18(20)27/h2-13,28H,14H2,1H3. The Morgan fingerprint density at radius 2 is 1.55 bits per heavy atom. The van der Waals surface area contributed by atoms with E-state index in [9.17, 15) is 9.90 Å². The number of carbonyl (C=O) groups excluding carboxylic acids is 1. The number of nitrogens with zero attached hydrogens (tertiary/aromatic N) is 4. The van der Waals surface area contributed by atoms with Crippen LogP contribution in [-0.2, 0) is 11.8 Å². The second kappa shape index (κ2) is 8.13. The molecular weight excluding hydrogens is 428 g/mol. The first kappa shape index (κ1) is 19.7. The molecule has 4 aromatic rings. The summed E-state index contributed by atoms with van der Waals surface area (Å²) in [7, 11) is 1.87. The second-order valence-electron chi connectivity index (χ2n) is 6.97. The number of anilines is 2. The van der Waals surface area contributed by atoms with Gasteiger partial charge in [0.1, 0.15) is 5.75 Å². The summed E-state index contributed by atoms with van der Waals surface area (Å²) in [5, 5.41) is 18.7. The molecule has 0 bridgehead atoms. The molecule has 1 aliphatic heterocycles. The van der Waals surface area contributed by atoms with Crippen molar-refractivity contribution in [3.63, 3.8) is 0 Å². The number of aromatic hydroxyl groups is 1. The summed E-state index contributed by atoms with van der Waals surface area (Å²) in [6.07, 6.45) is 0. The predicted molar refractivity (Wildman–Crippen MR) is 123 cm³/mol. The van der Waals surface area contributed by atoms with Crippen LogP contribution in [0, 0.1) is 0 Å². The number of carbonyl (C=O) groups is 1. The molecule has 5 rings (SSSR count). The third-order valence-corrected chi connectivity index (χ3v) is 7.10. The molecule has 1 N–H and O–H groups in total. The molecule has 31 heavy (non-hydrogen) atoms. The Bertz CT molecular complexity index is 1230. The van der Waals surface area contributed by atoms with E-state index in [1.165, 1.54) is 11.8 Å². The highest BCUT2D eigenvalue weighted by atomic mass is 32.2. The van der Waals surface area contributed by atoms with Crippen LogP contribution in [0.15, 0.2) is 87.7 Å². The van der Waals surface area contributed by atoms with E-state index in [2.05, 4.69) is 10.2 Å². The zero-order valence-corrected chi connectivity index (χ0v) is 18.2. The van der Waals surface area contributed by atoms with E-state index in [4.69, 9.17) is 0 Å². The molecule has 1 aromatic heterocycles. The van der Waals surface area contributed by atoms with Crippen molar-refractivity contribution in [2.75, 3.05) is 10.7 Å². The lowest BCUT2D eigenvalue weighted by Gasteiger charge is -2.30. The van der Waals surface area contributed by atoms with Crippen molar-refractivity contribution in [1.82, 2.24) is 14.8 Å². The summed E-state index contributed by atoms with van der Waals surface area (Å²) in [4.78, 5) is 17.3. The Labute approximate surface area is 187 Å². The van der Waals surface area contributed by atoms with E-state index in [1.54, 1.807) is 40.9 Å². The minimum atomic E-state index is -0.0145. The zero-order valence-electron chi connectivity index (χ0n) is 16.6. The van der Waals surface area contributed by atoms with Crippen LogP contribution in [0.3, 0.4) is 0 Å². The van der Waals surface area contributed by atoms with Crippen LogP contribution < -0.4 is 4.90 Å². The van der Waals surface area contributed by atoms with Crippen LogP contribution in [-0.4, -0.2) is 31.5 Å². The Hall–Kier alpha value is -3.23. The lowest BCUT2D eigenvalue weighted by molar-refractivity contribution is -0.115. The predicted octanol–water partition coefficient (Wildman–Crippen LogP) is 5.11. The molecule has 0 radical (unpaired) electrons. The van der Waals surface area contributed by atoms with E-state index >= 15 is 0 Å². The quantitative estimate of drug-likeness (QED) is 0.439. The highest BCUT2D eigenvalue weighted by Crippen LogP contribution is 2.48. The fourth-order valence-electron chi connectivity index (χ4n) is 3.47. The third-order valence-electron chi connectivity index (χ3n) is 4.97. The topological polar surface area (TPSA) is 71.2 Å². The molecule has 0 saturated carbocycles. The average molecular weight is 447 g/mol. The minimum Gasteiger partial charge on any atom is -0.508 e. The van der Waals surface area contributed by atoms with Gasteiger partial charge in [0.2, 0.25) is 5.91 Å². The number of para-hydroxylation sites is 2. The van der Waals surface area contributed by atoms with Gasteiger partial charge in [-0.05, 0) is 48.5 Å². The maximum Gasteiger partial charge on any atom is 0.242 e. The van der Waals surface area contributed by atoms with Crippen molar-refractivity contribution in [3.05, 3.63) is 72.8 Å². The van der Waals surface area contributed by atoms with Gasteiger partial charge in [0.05, 0.1) is 17.1 Å². The Morgan fingerprint density at radius 1 is 0.935 bits per heavy atom. The first-order chi connectivity index (χ1) is 15.1. The number of amides is 1. The van der Waals surface area contributed by atoms with Gasteiger partial charge in [-0.15, -0.1) is 10.2 Å². The number of hydrogen-bond acceptors (Lipinski definition) is 6. The maximum atomic E-state index is 13.3. The van der Waals surface area contributed by atoms with Gasteiger partial charge in [-0.1, -0.05) is 47.8 Å². The molecule has 1 aliphatic rings. The number of phenols is 1. The molecule has 0 unspecified atom stereocenters. The summed E-state index contributed by atoms with van der Waals surface area (Å²) in [6.45, 7) is 0. The number of fused-ring (bicyclic) bond motifs is 2. The Kier molecular flexibility index (Phi) is 5.17. The number of aromatic nitrogens is 3. The highest BCUT2D eigenvalue weighted by molar-refractivity contribution is 8.00. The summed E-state index contributed by atoms with van der Waals surface area (Å²) < 4.78 is 1.86. The SMILES string of the molecule is Cn1c(SCC(=O)N2c3ccccc3Sc3ccccc32)nnc1-c1ccc(O)cc1. The van der Waals surface area contributed by atoms with Crippen molar-refractivity contribution in [2.24, 2.45) is 7.05 Å². The normalized spacial score (nSPS) is 12.4. The maximum absolute atomic E-state index is 13.3. The number of rotatable bonds is 4. The number of hydrogen-bond donors (Lipinski definition) is 1. The fraction of sp³-hybridized carbons (Fsp3) is 0.0870. The first-order valence-electron chi connectivity index (χ1n) is 9.62. The van der Waals surface area contributed by atoms with E-state index < -0.39 is 0 Å². The molecule has 3 aromatic carbocycles. The van der Waals surface area contributed by atoms with Crippen LogP contribution in [0.25, 0.3) is 11.4 Å². The van der Waals surface area contributed by atoms with Crippen LogP contribution >= 0.6 is 23.5 Å². The molecule has 1 amide bonds. The highest BCUT2D eigenvalue weighted by Gasteiger charge is 2.28. The minimum absolute atomic E-state index is 0.0145. The Morgan fingerprint density at radius 3 is 2.19 bits per heavy atom. The molecule has 8 heteroatoms. The lowest BCUT2D eigenvalue weighted by Crippen LogP contribution is -2.30. The van der Waals surface area contributed by atoms with E-state index in [0.29, 0.717) is 11.0 Å². The molecule has 0 fully saturated rings. The molecule has 0 spiro atoms. The van der Waals surface area contributed by atoms with Gasteiger partial charge < -0.3 is 9.67 Å². The average Bonchev–Trinajstić information content (AvgIpc) is 3.16. The van der Waals surface area contributed by atoms with Gasteiger partial charge in [0.25, 0.3) is 0 Å². The van der Waals surface area contributed by atoms with Crippen LogP contribution in [0.4, 0.5) is 11.4 Å². The number of benzene rings is 3. The van der Waals surface area contributed by atoms with Crippen molar-refractivity contribution in [3.8, 4) is 17.1 Å². The molecular formula is C23H18N4O2S2. The summed E-state index contributed by atoms with van der Waals surface area (Å²) >= 11 is 3.04. The fourth-order valence-corrected chi connectivity index (χ4v) is 5.28. The molecule has 154 valence electrons. The van der Waals surface area contributed by atoms with Gasteiger partial charge in [0, 0.05) is 22.4 Å². The van der Waals surface area contributed by atoms with E-state index in [0.717, 1.165) is 26.7 Å². The summed E-state index contributed by atoms with van der Waals surface area (Å²) in [6, 6.07) is 22.7. The molecule has 2 heterocycles. The first-order valence-corrected chi connectivity index (χ1v) is 11.4. The summed E-state index contributed by atoms with van der Waals surface area (Å²) in [5.74, 6) is 1.10. The monoisotopic (exact) mass is 446 g/mol. The van der Waals surface area contributed by atoms with Gasteiger partial charge >= 0.3 is 0 Å². The van der Waals surface area contributed by atoms with Gasteiger partial charge in [0.15, 0.2) is 11.0 Å². The van der Waals surface area contributed by atoms with E-state index in [1.807, 2.05) is 60.1 Å². The van der Waals surface area contributed by atoms with E-state index in [-0.39, 0.29) is 17.4 Å². The lowest BCUT2D eigenvalue weighted by atomic mass is 10.2. The van der Waals surface area contributed by atoms with Gasteiger partial charge in [-0.2, -0.15) is 0 Å². The Balaban J connectivity index is 1.39. The molecule has 6 nitrogen and oxygen atoms in total. The smallest absolute Gasteiger partial charge is 0.242 e. The van der Waals surface area contributed by atoms with Crippen molar-refractivity contribution in [2.45, 2.75) is 14.9 Å². The van der Waals surface area contributed by atoms with Crippen LogP contribution in [0.5, 0.6) is 5.75 Å². The molecule has 0 aliphatic carbocycles. The van der Waals surface area contributed by atoms with Gasteiger partial charge in [-0.25, -0.2) is 0 Å². The zero-order chi connectivity index (χ0) is 21.4. The second-order valence-corrected chi connectivity index (χ2v) is 8.99. The molecule has 0 saturated heterocycles. The van der Waals surface area contributed by atoms with Crippen molar-refractivity contribution >= 4 is 40.8 Å². The third kappa shape index (κ3) is 3.68. The van der Waals surface area contributed by atoms with Crippen molar-refractivity contribution < 1.29 is 9.90 Å². The van der Waals surface area contributed by atoms with Crippen LogP contribution in [0.1, 0.15) is 0 Å². The number of phenolic OH excluding ortho intramolecular Hbond substituents is 1. The summed E-state index contributed by atoms with van der Waals surface area (Å²) in [5.41, 5.74) is 2.65. The largest absolute Gasteiger partial charge is 0.508 e.